The van der Waals surface area contributed by atoms with Gasteiger partial charge in [0.15, 0.2) is 0 Å². The molecule has 0 radical (unpaired) electrons. The zero-order chi connectivity index (χ0) is 8.39. The Kier molecular flexibility index (Phi) is 2.53. The fraction of sp³-hybridized carbons (Fsp3) is 0.833. The van der Waals surface area contributed by atoms with Crippen LogP contribution in [0.3, 0.4) is 0 Å². The summed E-state index contributed by atoms with van der Waals surface area (Å²) >= 11 is 0. The predicted molar refractivity (Wildman–Crippen MR) is 53.0 cm³/mol. The molecule has 0 heterocycles. The van der Waals surface area contributed by atoms with Crippen molar-refractivity contribution >= 4 is 0 Å². The molecule has 2 aliphatic carbocycles. The minimum absolute atomic E-state index is 1.05. The minimum atomic E-state index is 1.05. The first-order chi connectivity index (χ1) is 5.90. The molecule has 0 bridgehead atoms. The van der Waals surface area contributed by atoms with Crippen molar-refractivity contribution in [1.82, 2.24) is 0 Å². The predicted octanol–water partition coefficient (Wildman–Crippen LogP) is 3.78. The van der Waals surface area contributed by atoms with Crippen molar-refractivity contribution in [2.45, 2.75) is 45.4 Å². The smallest absolute Gasteiger partial charge is 0.0319 e. The summed E-state index contributed by atoms with van der Waals surface area (Å²) in [5.74, 6) is 3.16. The highest BCUT2D eigenvalue weighted by molar-refractivity contribution is 4.96. The maximum absolute atomic E-state index is 2.40. The van der Waals surface area contributed by atoms with Gasteiger partial charge in [-0.1, -0.05) is 31.9 Å². The van der Waals surface area contributed by atoms with E-state index in [-0.39, 0.29) is 0 Å². The highest BCUT2D eigenvalue weighted by Crippen LogP contribution is 2.41. The lowest BCUT2D eigenvalue weighted by Gasteiger charge is -2.37. The summed E-state index contributed by atoms with van der Waals surface area (Å²) in [7, 11) is 0. The molecule has 0 N–H and O–H groups in total. The summed E-state index contributed by atoms with van der Waals surface area (Å²) in [6.07, 6.45) is 13.5. The van der Waals surface area contributed by atoms with Gasteiger partial charge in [-0.15, -0.1) is 0 Å². The zero-order valence-electron chi connectivity index (χ0n) is 8.13. The van der Waals surface area contributed by atoms with Gasteiger partial charge in [0, 0.05) is 0 Å². The second-order valence-corrected chi connectivity index (χ2v) is 4.55. The zero-order valence-corrected chi connectivity index (χ0v) is 8.13. The van der Waals surface area contributed by atoms with Crippen molar-refractivity contribution < 1.29 is 0 Å². The first kappa shape index (κ1) is 8.34. The Labute approximate surface area is 76.1 Å². The molecule has 0 aromatic carbocycles. The van der Waals surface area contributed by atoms with E-state index in [9.17, 15) is 0 Å². The van der Waals surface area contributed by atoms with Crippen LogP contribution >= 0.6 is 0 Å². The molecule has 0 heteroatoms. The Morgan fingerprint density at radius 2 is 1.83 bits per heavy atom. The lowest BCUT2D eigenvalue weighted by atomic mass is 9.69. The van der Waals surface area contributed by atoms with Gasteiger partial charge >= 0.3 is 0 Å². The van der Waals surface area contributed by atoms with Crippen LogP contribution in [0.2, 0.25) is 0 Å². The third-order valence-corrected chi connectivity index (χ3v) is 3.87. The van der Waals surface area contributed by atoms with Gasteiger partial charge in [-0.2, -0.15) is 0 Å². The molecular formula is C12H20. The molecule has 3 atom stereocenters. The number of hydrogen-bond acceptors (Lipinski definition) is 0. The normalized spacial score (nSPS) is 40.9. The quantitative estimate of drug-likeness (QED) is 0.517. The van der Waals surface area contributed by atoms with Gasteiger partial charge in [0.2, 0.25) is 0 Å². The van der Waals surface area contributed by atoms with Gasteiger partial charge in [-0.25, -0.2) is 0 Å². The Hall–Kier alpha value is -0.260. The van der Waals surface area contributed by atoms with Gasteiger partial charge < -0.3 is 0 Å². The molecular weight excluding hydrogens is 144 g/mol. The van der Waals surface area contributed by atoms with Crippen molar-refractivity contribution in [3.63, 3.8) is 0 Å². The van der Waals surface area contributed by atoms with Crippen LogP contribution < -0.4 is 0 Å². The number of allylic oxidation sites excluding steroid dienone is 2. The standard InChI is InChI=1S/C12H20/c1-2-10-7-8-11-5-3-4-6-12(11)9-10/h3-4,10-12H,2,5-9H2,1H3. The fourth-order valence-electron chi connectivity index (χ4n) is 2.94. The van der Waals surface area contributed by atoms with E-state index in [1.807, 2.05) is 0 Å². The van der Waals surface area contributed by atoms with Crippen molar-refractivity contribution in [3.8, 4) is 0 Å². The van der Waals surface area contributed by atoms with Crippen LogP contribution in [0.4, 0.5) is 0 Å². The molecule has 0 aromatic heterocycles. The topological polar surface area (TPSA) is 0 Å². The van der Waals surface area contributed by atoms with Crippen LogP contribution in [0.15, 0.2) is 12.2 Å². The average Bonchev–Trinajstić information content (AvgIpc) is 2.17. The lowest BCUT2D eigenvalue weighted by molar-refractivity contribution is 0.172. The van der Waals surface area contributed by atoms with Crippen LogP contribution in [-0.4, -0.2) is 0 Å². The number of fused-ring (bicyclic) bond motifs is 1. The molecule has 68 valence electrons. The van der Waals surface area contributed by atoms with Gasteiger partial charge in [-0.3, -0.25) is 0 Å². The van der Waals surface area contributed by atoms with Gasteiger partial charge in [-0.05, 0) is 43.4 Å². The largest absolute Gasteiger partial charge is 0.0882 e. The molecule has 1 fully saturated rings. The lowest BCUT2D eigenvalue weighted by Crippen LogP contribution is -2.25. The molecule has 1 saturated carbocycles. The van der Waals surface area contributed by atoms with Gasteiger partial charge in [0.1, 0.15) is 0 Å². The Morgan fingerprint density at radius 3 is 2.58 bits per heavy atom. The molecule has 3 unspecified atom stereocenters. The molecule has 0 aromatic rings. The van der Waals surface area contributed by atoms with Crippen LogP contribution in [-0.2, 0) is 0 Å². The highest BCUT2D eigenvalue weighted by Gasteiger charge is 2.29. The SMILES string of the molecule is CCC1CCC2CC=CCC2C1. The van der Waals surface area contributed by atoms with E-state index in [1.54, 1.807) is 0 Å². The molecule has 0 amide bonds. The fourth-order valence-corrected chi connectivity index (χ4v) is 2.94. The number of rotatable bonds is 1. The van der Waals surface area contributed by atoms with E-state index in [2.05, 4.69) is 19.1 Å². The van der Waals surface area contributed by atoms with E-state index < -0.39 is 0 Å². The molecule has 0 spiro atoms. The third kappa shape index (κ3) is 1.57. The minimum Gasteiger partial charge on any atom is -0.0882 e. The summed E-state index contributed by atoms with van der Waals surface area (Å²) in [6, 6.07) is 0. The van der Waals surface area contributed by atoms with Crippen molar-refractivity contribution in [2.75, 3.05) is 0 Å². The average molecular weight is 164 g/mol. The van der Waals surface area contributed by atoms with E-state index in [4.69, 9.17) is 0 Å². The first-order valence-corrected chi connectivity index (χ1v) is 5.55. The van der Waals surface area contributed by atoms with E-state index in [0.29, 0.717) is 0 Å². The van der Waals surface area contributed by atoms with E-state index in [0.717, 1.165) is 17.8 Å². The van der Waals surface area contributed by atoms with Crippen LogP contribution in [0, 0.1) is 17.8 Å². The maximum atomic E-state index is 2.40. The molecule has 0 nitrogen and oxygen atoms in total. The van der Waals surface area contributed by atoms with Gasteiger partial charge in [0.05, 0.1) is 0 Å². The third-order valence-electron chi connectivity index (χ3n) is 3.87. The summed E-state index contributed by atoms with van der Waals surface area (Å²) < 4.78 is 0. The summed E-state index contributed by atoms with van der Waals surface area (Å²) in [5, 5.41) is 0. The summed E-state index contributed by atoms with van der Waals surface area (Å²) in [6.45, 7) is 2.35. The van der Waals surface area contributed by atoms with Crippen LogP contribution in [0.5, 0.6) is 0 Å². The summed E-state index contributed by atoms with van der Waals surface area (Å²) in [5.41, 5.74) is 0. The molecule has 2 aliphatic rings. The Balaban J connectivity index is 1.95. The van der Waals surface area contributed by atoms with Crippen molar-refractivity contribution in [1.29, 1.82) is 0 Å². The molecule has 2 rings (SSSR count). The monoisotopic (exact) mass is 164 g/mol. The maximum Gasteiger partial charge on any atom is -0.0319 e. The van der Waals surface area contributed by atoms with Gasteiger partial charge in [0.25, 0.3) is 0 Å². The van der Waals surface area contributed by atoms with Crippen LogP contribution in [0.25, 0.3) is 0 Å². The molecule has 12 heavy (non-hydrogen) atoms. The Morgan fingerprint density at radius 1 is 1.08 bits per heavy atom. The summed E-state index contributed by atoms with van der Waals surface area (Å²) in [4.78, 5) is 0. The molecule has 0 saturated heterocycles. The second kappa shape index (κ2) is 3.64. The second-order valence-electron chi connectivity index (χ2n) is 4.55. The first-order valence-electron chi connectivity index (χ1n) is 5.55. The Bertz CT molecular complexity index is 169. The van der Waals surface area contributed by atoms with Crippen molar-refractivity contribution in [3.05, 3.63) is 12.2 Å². The van der Waals surface area contributed by atoms with Crippen LogP contribution in [0.1, 0.15) is 45.4 Å². The molecule has 0 aliphatic heterocycles. The van der Waals surface area contributed by atoms with E-state index >= 15 is 0 Å². The van der Waals surface area contributed by atoms with E-state index in [1.165, 1.54) is 38.5 Å². The highest BCUT2D eigenvalue weighted by atomic mass is 14.3. The van der Waals surface area contributed by atoms with Crippen molar-refractivity contribution in [2.24, 2.45) is 17.8 Å². The number of hydrogen-bond donors (Lipinski definition) is 0.